The second-order valence-electron chi connectivity index (χ2n) is 5.07. The van der Waals surface area contributed by atoms with Gasteiger partial charge >= 0.3 is 5.97 Å². The van der Waals surface area contributed by atoms with Gasteiger partial charge in [-0.05, 0) is 38.0 Å². The first-order valence-corrected chi connectivity index (χ1v) is 7.29. The number of esters is 1. The second-order valence-corrected chi connectivity index (χ2v) is 5.07. The van der Waals surface area contributed by atoms with Crippen LogP contribution in [0, 0.1) is 0 Å². The third-order valence-electron chi connectivity index (χ3n) is 3.64. The van der Waals surface area contributed by atoms with Crippen LogP contribution in [-0.4, -0.2) is 25.7 Å². The number of benzene rings is 1. The van der Waals surface area contributed by atoms with Crippen LogP contribution in [0.25, 0.3) is 0 Å². The molecule has 0 spiro atoms. The van der Waals surface area contributed by atoms with Crippen LogP contribution in [0.4, 0.5) is 11.4 Å². The molecule has 1 unspecified atom stereocenters. The Balaban J connectivity index is 3.13. The summed E-state index contributed by atoms with van der Waals surface area (Å²) < 4.78 is 4.78. The first-order chi connectivity index (χ1) is 9.54. The first-order valence-electron chi connectivity index (χ1n) is 7.29. The van der Waals surface area contributed by atoms with Crippen LogP contribution in [0.15, 0.2) is 18.2 Å². The van der Waals surface area contributed by atoms with E-state index in [4.69, 9.17) is 10.5 Å². The van der Waals surface area contributed by atoms with Gasteiger partial charge in [-0.1, -0.05) is 20.3 Å². The minimum Gasteiger partial charge on any atom is -0.465 e. The minimum absolute atomic E-state index is 0.328. The molecule has 1 rings (SSSR count). The number of nitrogens with two attached hydrogens (primary N) is 1. The average molecular weight is 278 g/mol. The number of methoxy groups -OCH3 is 1. The number of rotatable bonds is 7. The fraction of sp³-hybridized carbons (Fsp3) is 0.562. The molecule has 1 atom stereocenters. The number of ether oxygens (including phenoxy) is 1. The van der Waals surface area contributed by atoms with Gasteiger partial charge in [0.05, 0.1) is 24.0 Å². The highest BCUT2D eigenvalue weighted by molar-refractivity contribution is 5.92. The summed E-state index contributed by atoms with van der Waals surface area (Å²) in [4.78, 5) is 14.0. The predicted octanol–water partition coefficient (Wildman–Crippen LogP) is 3.46. The van der Waals surface area contributed by atoms with E-state index in [1.165, 1.54) is 7.11 Å². The molecule has 0 bridgehead atoms. The quantitative estimate of drug-likeness (QED) is 0.613. The van der Waals surface area contributed by atoms with Gasteiger partial charge in [-0.15, -0.1) is 0 Å². The largest absolute Gasteiger partial charge is 0.465 e. The summed E-state index contributed by atoms with van der Waals surface area (Å²) in [5, 5.41) is 0. The summed E-state index contributed by atoms with van der Waals surface area (Å²) in [6.45, 7) is 7.45. The molecule has 4 nitrogen and oxygen atoms in total. The Morgan fingerprint density at radius 3 is 2.65 bits per heavy atom. The number of hydrogen-bond acceptors (Lipinski definition) is 4. The van der Waals surface area contributed by atoms with Crippen LogP contribution >= 0.6 is 0 Å². The van der Waals surface area contributed by atoms with Gasteiger partial charge in [-0.2, -0.15) is 0 Å². The van der Waals surface area contributed by atoms with Crippen molar-refractivity contribution in [3.05, 3.63) is 23.8 Å². The van der Waals surface area contributed by atoms with E-state index >= 15 is 0 Å². The highest BCUT2D eigenvalue weighted by Gasteiger charge is 2.17. The molecule has 1 aromatic carbocycles. The number of unbranched alkanes of at least 4 members (excludes halogenated alkanes) is 1. The predicted molar refractivity (Wildman–Crippen MR) is 84.2 cm³/mol. The molecule has 4 heteroatoms. The lowest BCUT2D eigenvalue weighted by Crippen LogP contribution is -2.34. The SMILES string of the molecule is CCCCN(c1cc(C(=O)OC)ccc1N)C(C)CC. The van der Waals surface area contributed by atoms with E-state index in [2.05, 4.69) is 25.7 Å². The summed E-state index contributed by atoms with van der Waals surface area (Å²) in [5.41, 5.74) is 8.27. The molecule has 0 fully saturated rings. The highest BCUT2D eigenvalue weighted by Crippen LogP contribution is 2.28. The van der Waals surface area contributed by atoms with Crippen molar-refractivity contribution < 1.29 is 9.53 Å². The van der Waals surface area contributed by atoms with E-state index in [0.717, 1.165) is 31.5 Å². The van der Waals surface area contributed by atoms with Crippen molar-refractivity contribution in [1.29, 1.82) is 0 Å². The number of nitrogen functional groups attached to an aromatic ring is 1. The molecule has 2 N–H and O–H groups in total. The molecule has 112 valence electrons. The van der Waals surface area contributed by atoms with Crippen LogP contribution in [0.3, 0.4) is 0 Å². The van der Waals surface area contributed by atoms with Crippen LogP contribution in [0.5, 0.6) is 0 Å². The van der Waals surface area contributed by atoms with Gasteiger partial charge in [0.1, 0.15) is 0 Å². The summed E-state index contributed by atoms with van der Waals surface area (Å²) >= 11 is 0. The van der Waals surface area contributed by atoms with Gasteiger partial charge in [0, 0.05) is 12.6 Å². The van der Waals surface area contributed by atoms with Crippen molar-refractivity contribution in [2.45, 2.75) is 46.1 Å². The Labute approximate surface area is 121 Å². The molecule has 0 aliphatic carbocycles. The summed E-state index contributed by atoms with van der Waals surface area (Å²) in [5.74, 6) is -0.328. The summed E-state index contributed by atoms with van der Waals surface area (Å²) in [7, 11) is 1.39. The van der Waals surface area contributed by atoms with Crippen LogP contribution in [0.1, 0.15) is 50.4 Å². The molecular formula is C16H26N2O2. The molecule has 0 saturated carbocycles. The smallest absolute Gasteiger partial charge is 0.337 e. The van der Waals surface area contributed by atoms with E-state index in [9.17, 15) is 4.79 Å². The Kier molecular flexibility index (Phi) is 6.36. The Morgan fingerprint density at radius 1 is 1.40 bits per heavy atom. The van der Waals surface area contributed by atoms with Gasteiger partial charge in [0.15, 0.2) is 0 Å². The van der Waals surface area contributed by atoms with Crippen molar-refractivity contribution in [1.82, 2.24) is 0 Å². The van der Waals surface area contributed by atoms with E-state index in [1.807, 2.05) is 6.07 Å². The zero-order valence-corrected chi connectivity index (χ0v) is 13.0. The van der Waals surface area contributed by atoms with Crippen molar-refractivity contribution in [3.63, 3.8) is 0 Å². The zero-order valence-electron chi connectivity index (χ0n) is 13.0. The van der Waals surface area contributed by atoms with Crippen LogP contribution in [0.2, 0.25) is 0 Å². The molecule has 0 aliphatic heterocycles. The van der Waals surface area contributed by atoms with Crippen LogP contribution < -0.4 is 10.6 Å². The lowest BCUT2D eigenvalue weighted by atomic mass is 10.1. The third-order valence-corrected chi connectivity index (χ3v) is 3.64. The molecular weight excluding hydrogens is 252 g/mol. The van der Waals surface area contributed by atoms with Gasteiger partial charge in [-0.25, -0.2) is 4.79 Å². The maximum atomic E-state index is 11.7. The van der Waals surface area contributed by atoms with E-state index in [-0.39, 0.29) is 5.97 Å². The van der Waals surface area contributed by atoms with Crippen molar-refractivity contribution in [3.8, 4) is 0 Å². The van der Waals surface area contributed by atoms with E-state index in [0.29, 0.717) is 17.3 Å². The third kappa shape index (κ3) is 3.89. The zero-order chi connectivity index (χ0) is 15.1. The van der Waals surface area contributed by atoms with Gasteiger partial charge in [0.2, 0.25) is 0 Å². The molecule has 0 heterocycles. The molecule has 20 heavy (non-hydrogen) atoms. The Morgan fingerprint density at radius 2 is 2.10 bits per heavy atom. The lowest BCUT2D eigenvalue weighted by Gasteiger charge is -2.32. The monoisotopic (exact) mass is 278 g/mol. The molecule has 0 aliphatic rings. The van der Waals surface area contributed by atoms with Crippen molar-refractivity contribution in [2.75, 3.05) is 24.3 Å². The van der Waals surface area contributed by atoms with E-state index in [1.54, 1.807) is 12.1 Å². The minimum atomic E-state index is -0.328. The number of carbonyl (C=O) groups is 1. The molecule has 0 radical (unpaired) electrons. The van der Waals surface area contributed by atoms with Crippen LogP contribution in [-0.2, 0) is 4.74 Å². The van der Waals surface area contributed by atoms with Crippen molar-refractivity contribution >= 4 is 17.3 Å². The Bertz CT molecular complexity index is 446. The second kappa shape index (κ2) is 7.78. The Hall–Kier alpha value is -1.71. The van der Waals surface area contributed by atoms with E-state index < -0.39 is 0 Å². The van der Waals surface area contributed by atoms with Gasteiger partial charge in [-0.3, -0.25) is 0 Å². The molecule has 0 aromatic heterocycles. The first kappa shape index (κ1) is 16.3. The number of hydrogen-bond donors (Lipinski definition) is 1. The van der Waals surface area contributed by atoms with Crippen molar-refractivity contribution in [2.24, 2.45) is 0 Å². The maximum absolute atomic E-state index is 11.7. The highest BCUT2D eigenvalue weighted by atomic mass is 16.5. The topological polar surface area (TPSA) is 55.6 Å². The average Bonchev–Trinajstić information content (AvgIpc) is 2.47. The summed E-state index contributed by atoms with van der Waals surface area (Å²) in [6, 6.07) is 5.71. The number of anilines is 2. The fourth-order valence-corrected chi connectivity index (χ4v) is 2.16. The van der Waals surface area contributed by atoms with Gasteiger partial charge < -0.3 is 15.4 Å². The number of carbonyl (C=O) groups excluding carboxylic acids is 1. The molecule has 0 amide bonds. The lowest BCUT2D eigenvalue weighted by molar-refractivity contribution is 0.0601. The molecule has 1 aromatic rings. The maximum Gasteiger partial charge on any atom is 0.337 e. The number of nitrogens with zero attached hydrogens (tertiary/aromatic N) is 1. The van der Waals surface area contributed by atoms with Gasteiger partial charge in [0.25, 0.3) is 0 Å². The fourth-order valence-electron chi connectivity index (χ4n) is 2.16. The normalized spacial score (nSPS) is 12.0. The summed E-state index contributed by atoms with van der Waals surface area (Å²) in [6.07, 6.45) is 3.27. The standard InChI is InChI=1S/C16H26N2O2/c1-5-7-10-18(12(3)6-2)15-11-13(16(19)20-4)8-9-14(15)17/h8-9,11-12H,5-7,10,17H2,1-4H3. The molecule has 0 saturated heterocycles.